The summed E-state index contributed by atoms with van der Waals surface area (Å²) < 4.78 is 14.6. The first-order chi connectivity index (χ1) is 9.64. The topological polar surface area (TPSA) is 49.4 Å². The van der Waals surface area contributed by atoms with Crippen LogP contribution in [0.2, 0.25) is 0 Å². The quantitative estimate of drug-likeness (QED) is 0.840. The first kappa shape index (κ1) is 15.9. The lowest BCUT2D eigenvalue weighted by Crippen LogP contribution is -2.66. The summed E-state index contributed by atoms with van der Waals surface area (Å²) in [5.41, 5.74) is -0.345. The molecular weight excluding hydrogens is 339 g/mol. The second kappa shape index (κ2) is 5.40. The van der Waals surface area contributed by atoms with Crippen molar-refractivity contribution in [3.05, 3.63) is 28.5 Å². The summed E-state index contributed by atoms with van der Waals surface area (Å²) >= 11 is 3.26. The Morgan fingerprint density at radius 3 is 2.43 bits per heavy atom. The van der Waals surface area contributed by atoms with Gasteiger partial charge in [0.15, 0.2) is 0 Å². The number of nitrogens with one attached hydrogen (secondary N) is 1. The van der Waals surface area contributed by atoms with Crippen LogP contribution in [-0.4, -0.2) is 23.9 Å². The van der Waals surface area contributed by atoms with Crippen LogP contribution in [-0.2, 0) is 9.59 Å². The molecule has 1 aromatic rings. The van der Waals surface area contributed by atoms with Gasteiger partial charge in [-0.05, 0) is 40.4 Å². The number of carbonyl (C=O) groups is 2. The van der Waals surface area contributed by atoms with E-state index in [1.165, 1.54) is 11.0 Å². The molecule has 21 heavy (non-hydrogen) atoms. The first-order valence-electron chi connectivity index (χ1n) is 6.72. The number of halogens is 2. The summed E-state index contributed by atoms with van der Waals surface area (Å²) in [7, 11) is 0. The van der Waals surface area contributed by atoms with E-state index in [-0.39, 0.29) is 17.5 Å². The van der Waals surface area contributed by atoms with Gasteiger partial charge in [-0.3, -0.25) is 14.5 Å². The van der Waals surface area contributed by atoms with Gasteiger partial charge in [-0.25, -0.2) is 4.39 Å². The second-order valence-corrected chi connectivity index (χ2v) is 7.12. The molecule has 114 valence electrons. The fourth-order valence-electron chi connectivity index (χ4n) is 2.38. The monoisotopic (exact) mass is 356 g/mol. The SMILES string of the molecule is CC1C(=O)NC(C(C)(C)C)C(=O)N1c1c(F)cccc1Br. The highest BCUT2D eigenvalue weighted by atomic mass is 79.9. The predicted octanol–water partition coefficient (Wildman–Crippen LogP) is 2.85. The zero-order valence-corrected chi connectivity index (χ0v) is 14.0. The third kappa shape index (κ3) is 2.81. The largest absolute Gasteiger partial charge is 0.342 e. The molecule has 0 bridgehead atoms. The van der Waals surface area contributed by atoms with Crippen LogP contribution in [0.4, 0.5) is 10.1 Å². The highest BCUT2D eigenvalue weighted by molar-refractivity contribution is 9.10. The number of piperazine rings is 1. The van der Waals surface area contributed by atoms with Gasteiger partial charge in [0.05, 0.1) is 5.69 Å². The van der Waals surface area contributed by atoms with Crippen LogP contribution in [0.15, 0.2) is 22.7 Å². The molecule has 0 radical (unpaired) electrons. The maximum atomic E-state index is 14.2. The molecule has 1 N–H and O–H groups in total. The van der Waals surface area contributed by atoms with Gasteiger partial charge in [-0.1, -0.05) is 26.8 Å². The van der Waals surface area contributed by atoms with E-state index in [0.717, 1.165) is 0 Å². The van der Waals surface area contributed by atoms with Gasteiger partial charge in [0, 0.05) is 4.47 Å². The van der Waals surface area contributed by atoms with Crippen molar-refractivity contribution in [3.63, 3.8) is 0 Å². The number of rotatable bonds is 1. The number of benzene rings is 1. The van der Waals surface area contributed by atoms with E-state index < -0.39 is 23.3 Å². The molecule has 1 saturated heterocycles. The van der Waals surface area contributed by atoms with Gasteiger partial charge in [0.25, 0.3) is 5.91 Å². The molecule has 0 aromatic heterocycles. The molecule has 2 unspecified atom stereocenters. The van der Waals surface area contributed by atoms with Crippen LogP contribution >= 0.6 is 15.9 Å². The number of hydrogen-bond acceptors (Lipinski definition) is 2. The summed E-state index contributed by atoms with van der Waals surface area (Å²) in [5.74, 6) is -1.13. The van der Waals surface area contributed by atoms with Crippen LogP contribution in [0.5, 0.6) is 0 Å². The molecular formula is C15H18BrFN2O2. The number of para-hydroxylation sites is 1. The maximum absolute atomic E-state index is 14.2. The molecule has 4 nitrogen and oxygen atoms in total. The normalized spacial score (nSPS) is 23.2. The van der Waals surface area contributed by atoms with E-state index in [4.69, 9.17) is 0 Å². The Hall–Kier alpha value is -1.43. The molecule has 2 atom stereocenters. The molecule has 1 aliphatic rings. The molecule has 1 heterocycles. The molecule has 2 rings (SSSR count). The second-order valence-electron chi connectivity index (χ2n) is 6.26. The average Bonchev–Trinajstić information content (AvgIpc) is 2.36. The standard InChI is InChI=1S/C15H18BrFN2O2/c1-8-13(20)18-12(15(2,3)4)14(21)19(8)11-9(16)6-5-7-10(11)17/h5-8,12H,1-4H3,(H,18,20). The fourth-order valence-corrected chi connectivity index (χ4v) is 2.91. The summed E-state index contributed by atoms with van der Waals surface area (Å²) in [5, 5.41) is 2.73. The molecule has 1 fully saturated rings. The Labute approximate surface area is 131 Å². The Bertz CT molecular complexity index is 578. The number of carbonyl (C=O) groups excluding carboxylic acids is 2. The lowest BCUT2D eigenvalue weighted by molar-refractivity contribution is -0.136. The molecule has 6 heteroatoms. The third-order valence-corrected chi connectivity index (χ3v) is 4.22. The van der Waals surface area contributed by atoms with E-state index in [0.29, 0.717) is 4.47 Å². The van der Waals surface area contributed by atoms with Gasteiger partial charge in [0.1, 0.15) is 17.9 Å². The Morgan fingerprint density at radius 1 is 1.29 bits per heavy atom. The van der Waals surface area contributed by atoms with Crippen LogP contribution < -0.4 is 10.2 Å². The van der Waals surface area contributed by atoms with E-state index in [1.54, 1.807) is 19.1 Å². The maximum Gasteiger partial charge on any atom is 0.250 e. The van der Waals surface area contributed by atoms with Crippen molar-refractivity contribution in [2.75, 3.05) is 4.90 Å². The van der Waals surface area contributed by atoms with Gasteiger partial charge in [-0.2, -0.15) is 0 Å². The van der Waals surface area contributed by atoms with Crippen LogP contribution in [0.25, 0.3) is 0 Å². The predicted molar refractivity (Wildman–Crippen MR) is 82.4 cm³/mol. The third-order valence-electron chi connectivity index (χ3n) is 3.58. The smallest absolute Gasteiger partial charge is 0.250 e. The van der Waals surface area contributed by atoms with Gasteiger partial charge < -0.3 is 5.32 Å². The molecule has 1 aliphatic heterocycles. The van der Waals surface area contributed by atoms with Crippen LogP contribution in [0.1, 0.15) is 27.7 Å². The molecule has 0 aliphatic carbocycles. The average molecular weight is 357 g/mol. The molecule has 1 aromatic carbocycles. The zero-order chi connectivity index (χ0) is 15.9. The van der Waals surface area contributed by atoms with Crippen molar-refractivity contribution in [3.8, 4) is 0 Å². The van der Waals surface area contributed by atoms with Crippen molar-refractivity contribution >= 4 is 33.4 Å². The zero-order valence-electron chi connectivity index (χ0n) is 12.4. The summed E-state index contributed by atoms with van der Waals surface area (Å²) in [4.78, 5) is 26.2. The van der Waals surface area contributed by atoms with E-state index in [9.17, 15) is 14.0 Å². The van der Waals surface area contributed by atoms with Gasteiger partial charge in [0.2, 0.25) is 5.91 Å². The fraction of sp³-hybridized carbons (Fsp3) is 0.467. The van der Waals surface area contributed by atoms with Crippen LogP contribution in [0.3, 0.4) is 0 Å². The van der Waals surface area contributed by atoms with Crippen molar-refractivity contribution < 1.29 is 14.0 Å². The number of amides is 2. The number of nitrogens with zero attached hydrogens (tertiary/aromatic N) is 1. The Balaban J connectivity index is 2.54. The Kier molecular flexibility index (Phi) is 4.10. The van der Waals surface area contributed by atoms with E-state index in [2.05, 4.69) is 21.2 Å². The van der Waals surface area contributed by atoms with E-state index >= 15 is 0 Å². The summed E-state index contributed by atoms with van der Waals surface area (Å²) in [6.07, 6.45) is 0. The highest BCUT2D eigenvalue weighted by Gasteiger charge is 2.45. The molecule has 0 saturated carbocycles. The van der Waals surface area contributed by atoms with Crippen molar-refractivity contribution in [1.82, 2.24) is 5.32 Å². The van der Waals surface area contributed by atoms with Crippen molar-refractivity contribution in [2.45, 2.75) is 39.8 Å². The molecule has 2 amide bonds. The lowest BCUT2D eigenvalue weighted by Gasteiger charge is -2.42. The lowest BCUT2D eigenvalue weighted by atomic mass is 9.84. The van der Waals surface area contributed by atoms with Crippen molar-refractivity contribution in [2.24, 2.45) is 5.41 Å². The van der Waals surface area contributed by atoms with Crippen LogP contribution in [0, 0.1) is 11.2 Å². The minimum Gasteiger partial charge on any atom is -0.342 e. The Morgan fingerprint density at radius 2 is 1.90 bits per heavy atom. The van der Waals surface area contributed by atoms with E-state index in [1.807, 2.05) is 20.8 Å². The molecule has 0 spiro atoms. The van der Waals surface area contributed by atoms with Crippen molar-refractivity contribution in [1.29, 1.82) is 0 Å². The minimum atomic E-state index is -0.760. The highest BCUT2D eigenvalue weighted by Crippen LogP contribution is 2.34. The minimum absolute atomic E-state index is 0.110. The summed E-state index contributed by atoms with van der Waals surface area (Å²) in [6, 6.07) is 3.02. The number of hydrogen-bond donors (Lipinski definition) is 1. The number of anilines is 1. The summed E-state index contributed by atoms with van der Waals surface area (Å²) in [6.45, 7) is 7.17. The van der Waals surface area contributed by atoms with Gasteiger partial charge in [-0.15, -0.1) is 0 Å². The first-order valence-corrected chi connectivity index (χ1v) is 7.51. The van der Waals surface area contributed by atoms with Gasteiger partial charge >= 0.3 is 0 Å².